The summed E-state index contributed by atoms with van der Waals surface area (Å²) in [5.41, 5.74) is 3.94. The topological polar surface area (TPSA) is 88.1 Å². The lowest BCUT2D eigenvalue weighted by atomic mass is 10.0. The molecule has 2 N–H and O–H groups in total. The molecule has 1 fully saturated rings. The van der Waals surface area contributed by atoms with Gasteiger partial charge in [0.15, 0.2) is 0 Å². The average molecular weight is 465 g/mol. The fraction of sp³-hybridized carbons (Fsp3) is 0.292. The van der Waals surface area contributed by atoms with Crippen LogP contribution in [0.15, 0.2) is 59.5 Å². The Kier molecular flexibility index (Phi) is 6.13. The van der Waals surface area contributed by atoms with Crippen LogP contribution in [-0.4, -0.2) is 57.5 Å². The molecule has 170 valence electrons. The third kappa shape index (κ3) is 4.64. The number of aromatic amines is 1. The van der Waals surface area contributed by atoms with Crippen LogP contribution < -0.4 is 10.9 Å². The van der Waals surface area contributed by atoms with Crippen LogP contribution in [0, 0.1) is 6.92 Å². The van der Waals surface area contributed by atoms with E-state index in [9.17, 15) is 4.79 Å². The number of benzene rings is 2. The van der Waals surface area contributed by atoms with Crippen LogP contribution in [0.3, 0.4) is 0 Å². The summed E-state index contributed by atoms with van der Waals surface area (Å²) in [5.74, 6) is 0.332. The Morgan fingerprint density at radius 3 is 2.67 bits per heavy atom. The second kappa shape index (κ2) is 9.35. The summed E-state index contributed by atoms with van der Waals surface area (Å²) in [6.45, 7) is 5.99. The van der Waals surface area contributed by atoms with Gasteiger partial charge in [0.1, 0.15) is 5.02 Å². The summed E-state index contributed by atoms with van der Waals surface area (Å²) in [6.07, 6.45) is 1.58. The van der Waals surface area contributed by atoms with E-state index in [1.54, 1.807) is 6.20 Å². The molecule has 0 unspecified atom stereocenters. The molecule has 0 amide bonds. The number of halogens is 1. The van der Waals surface area contributed by atoms with Gasteiger partial charge in [-0.1, -0.05) is 53.6 Å². The third-order valence-corrected chi connectivity index (χ3v) is 6.22. The number of hydrogen-bond donors (Lipinski definition) is 2. The van der Waals surface area contributed by atoms with E-state index in [2.05, 4.69) is 56.5 Å². The number of hydrogen-bond acceptors (Lipinski definition) is 6. The van der Waals surface area contributed by atoms with Crippen LogP contribution in [-0.2, 0) is 4.74 Å². The SMILES string of the molecule is Cc1ccc([C@H](CN2CCOCC2)Nc2cnn(-c3nc4ccccc4[nH]3)c(=O)c2Cl)cc1. The van der Waals surface area contributed by atoms with Gasteiger partial charge in [0.2, 0.25) is 5.95 Å². The Morgan fingerprint density at radius 1 is 1.15 bits per heavy atom. The molecule has 1 saturated heterocycles. The van der Waals surface area contributed by atoms with Crippen molar-refractivity contribution in [3.8, 4) is 5.95 Å². The quantitative estimate of drug-likeness (QED) is 0.453. The molecule has 2 aromatic carbocycles. The number of ether oxygens (including phenoxy) is 1. The van der Waals surface area contributed by atoms with Gasteiger partial charge in [0.05, 0.1) is 42.2 Å². The summed E-state index contributed by atoms with van der Waals surface area (Å²) in [6, 6.07) is 15.9. The Bertz CT molecular complexity index is 1280. The molecule has 0 saturated carbocycles. The minimum absolute atomic E-state index is 0.0653. The number of anilines is 1. The van der Waals surface area contributed by atoms with Crippen molar-refractivity contribution in [1.82, 2.24) is 24.6 Å². The predicted molar refractivity (Wildman–Crippen MR) is 129 cm³/mol. The maximum absolute atomic E-state index is 13.1. The van der Waals surface area contributed by atoms with Gasteiger partial charge in [-0.15, -0.1) is 0 Å². The van der Waals surface area contributed by atoms with Crippen molar-refractivity contribution in [2.45, 2.75) is 13.0 Å². The summed E-state index contributed by atoms with van der Waals surface area (Å²) < 4.78 is 6.68. The number of H-pyrrole nitrogens is 1. The largest absolute Gasteiger partial charge is 0.379 e. The molecule has 0 spiro atoms. The predicted octanol–water partition coefficient (Wildman–Crippen LogP) is 3.56. The van der Waals surface area contributed by atoms with E-state index in [1.807, 2.05) is 24.3 Å². The monoisotopic (exact) mass is 464 g/mol. The zero-order valence-corrected chi connectivity index (χ0v) is 19.0. The number of morpholine rings is 1. The van der Waals surface area contributed by atoms with E-state index in [0.717, 1.165) is 49.4 Å². The molecule has 0 aliphatic carbocycles. The lowest BCUT2D eigenvalue weighted by Crippen LogP contribution is -2.40. The van der Waals surface area contributed by atoms with Gasteiger partial charge in [-0.3, -0.25) is 9.69 Å². The molecule has 8 nitrogen and oxygen atoms in total. The van der Waals surface area contributed by atoms with Crippen molar-refractivity contribution in [3.05, 3.63) is 81.2 Å². The fourth-order valence-electron chi connectivity index (χ4n) is 3.99. The van der Waals surface area contributed by atoms with Gasteiger partial charge in [-0.2, -0.15) is 9.78 Å². The standard InChI is InChI=1S/C24H25ClN6O2/c1-16-6-8-17(9-7-16)21(15-30-10-12-33-13-11-30)27-20-14-26-31(23(32)22(20)25)24-28-18-4-2-3-5-19(18)29-24/h2-9,14,21,27H,10-13,15H2,1H3,(H,28,29)/t21-/m0/s1. The molecule has 33 heavy (non-hydrogen) atoms. The lowest BCUT2D eigenvalue weighted by Gasteiger charge is -2.31. The first kappa shape index (κ1) is 21.6. The highest BCUT2D eigenvalue weighted by atomic mass is 35.5. The molecule has 9 heteroatoms. The van der Waals surface area contributed by atoms with Gasteiger partial charge in [0.25, 0.3) is 5.56 Å². The van der Waals surface area contributed by atoms with Crippen molar-refractivity contribution in [1.29, 1.82) is 0 Å². The lowest BCUT2D eigenvalue weighted by molar-refractivity contribution is 0.0361. The summed E-state index contributed by atoms with van der Waals surface area (Å²) in [7, 11) is 0. The van der Waals surface area contributed by atoms with Gasteiger partial charge in [-0.05, 0) is 24.6 Å². The molecule has 0 radical (unpaired) electrons. The Balaban J connectivity index is 1.45. The number of aryl methyl sites for hydroxylation is 1. The molecule has 1 aliphatic heterocycles. The average Bonchev–Trinajstić information content (AvgIpc) is 3.27. The van der Waals surface area contributed by atoms with E-state index in [-0.39, 0.29) is 11.1 Å². The van der Waals surface area contributed by atoms with Crippen LogP contribution in [0.4, 0.5) is 5.69 Å². The first-order valence-electron chi connectivity index (χ1n) is 10.9. The highest BCUT2D eigenvalue weighted by Gasteiger charge is 2.21. The fourth-order valence-corrected chi connectivity index (χ4v) is 4.17. The minimum Gasteiger partial charge on any atom is -0.379 e. The zero-order chi connectivity index (χ0) is 22.8. The van der Waals surface area contributed by atoms with Crippen molar-refractivity contribution in [3.63, 3.8) is 0 Å². The molecule has 1 aliphatic rings. The Hall–Kier alpha value is -3.20. The van der Waals surface area contributed by atoms with Crippen LogP contribution >= 0.6 is 11.6 Å². The molecular weight excluding hydrogens is 440 g/mol. The van der Waals surface area contributed by atoms with Crippen LogP contribution in [0.25, 0.3) is 17.0 Å². The van der Waals surface area contributed by atoms with Crippen LogP contribution in [0.2, 0.25) is 5.02 Å². The van der Waals surface area contributed by atoms with Crippen molar-refractivity contribution >= 4 is 28.3 Å². The number of imidazole rings is 1. The number of nitrogens with one attached hydrogen (secondary N) is 2. The second-order valence-corrected chi connectivity index (χ2v) is 8.57. The smallest absolute Gasteiger partial charge is 0.295 e. The molecule has 3 heterocycles. The third-order valence-electron chi connectivity index (χ3n) is 5.85. The number of fused-ring (bicyclic) bond motifs is 1. The number of aromatic nitrogens is 4. The molecule has 0 bridgehead atoms. The van der Waals surface area contributed by atoms with Crippen LogP contribution in [0.1, 0.15) is 17.2 Å². The van der Waals surface area contributed by atoms with E-state index in [1.165, 1.54) is 10.2 Å². The Labute approximate surface area is 196 Å². The van der Waals surface area contributed by atoms with E-state index in [4.69, 9.17) is 16.3 Å². The maximum Gasteiger partial charge on any atom is 0.295 e. The molecule has 5 rings (SSSR count). The molecular formula is C24H25ClN6O2. The first-order valence-corrected chi connectivity index (χ1v) is 11.3. The molecule has 1 atom stereocenters. The second-order valence-electron chi connectivity index (χ2n) is 8.19. The summed E-state index contributed by atoms with van der Waals surface area (Å²) in [4.78, 5) is 23.0. The van der Waals surface area contributed by atoms with Gasteiger partial charge in [-0.25, -0.2) is 4.98 Å². The number of nitrogens with zero attached hydrogens (tertiary/aromatic N) is 4. The van der Waals surface area contributed by atoms with Gasteiger partial charge < -0.3 is 15.0 Å². The summed E-state index contributed by atoms with van der Waals surface area (Å²) in [5, 5.41) is 7.87. The van der Waals surface area contributed by atoms with Crippen molar-refractivity contribution in [2.75, 3.05) is 38.2 Å². The highest BCUT2D eigenvalue weighted by molar-refractivity contribution is 6.33. The van der Waals surface area contributed by atoms with E-state index < -0.39 is 5.56 Å². The van der Waals surface area contributed by atoms with E-state index >= 15 is 0 Å². The normalized spacial score (nSPS) is 15.6. The number of rotatable bonds is 6. The van der Waals surface area contributed by atoms with Gasteiger partial charge >= 0.3 is 0 Å². The zero-order valence-electron chi connectivity index (χ0n) is 18.3. The minimum atomic E-state index is -0.435. The van der Waals surface area contributed by atoms with Crippen LogP contribution in [0.5, 0.6) is 0 Å². The van der Waals surface area contributed by atoms with Crippen molar-refractivity contribution < 1.29 is 4.74 Å². The first-order chi connectivity index (χ1) is 16.1. The van der Waals surface area contributed by atoms with E-state index in [0.29, 0.717) is 11.6 Å². The summed E-state index contributed by atoms with van der Waals surface area (Å²) >= 11 is 6.54. The van der Waals surface area contributed by atoms with Gasteiger partial charge in [0, 0.05) is 19.6 Å². The molecule has 2 aromatic heterocycles. The number of para-hydroxylation sites is 2. The van der Waals surface area contributed by atoms with Crippen molar-refractivity contribution in [2.24, 2.45) is 0 Å². The maximum atomic E-state index is 13.1. The Morgan fingerprint density at radius 2 is 1.91 bits per heavy atom. The highest BCUT2D eigenvalue weighted by Crippen LogP contribution is 2.25. The molecule has 4 aromatic rings.